The molecule has 2 rings (SSSR count). The third-order valence-electron chi connectivity index (χ3n) is 3.56. The van der Waals surface area contributed by atoms with Gasteiger partial charge in [0.05, 0.1) is 17.6 Å². The highest BCUT2D eigenvalue weighted by atomic mass is 16.6. The van der Waals surface area contributed by atoms with Crippen molar-refractivity contribution in [1.82, 2.24) is 4.90 Å². The van der Waals surface area contributed by atoms with Gasteiger partial charge in [0, 0.05) is 0 Å². The van der Waals surface area contributed by atoms with Gasteiger partial charge in [-0.2, -0.15) is 0 Å². The molecule has 2 unspecified atom stereocenters. The van der Waals surface area contributed by atoms with Gasteiger partial charge >= 0.3 is 6.09 Å². The molecule has 0 spiro atoms. The molecule has 0 radical (unpaired) electrons. The number of cyclic esters (lactones) is 1. The zero-order valence-corrected chi connectivity index (χ0v) is 11.9. The first kappa shape index (κ1) is 14.5. The number of carbonyl (C=O) groups excluding carboxylic acids is 2. The summed E-state index contributed by atoms with van der Waals surface area (Å²) in [7, 11) is 0. The average molecular weight is 277 g/mol. The molecule has 20 heavy (non-hydrogen) atoms. The maximum absolute atomic E-state index is 12.5. The lowest BCUT2D eigenvalue weighted by molar-refractivity contribution is -0.138. The fraction of sp³-hybridized carbons (Fsp3) is 0.467. The molecule has 1 N–H and O–H groups in total. The molecule has 5 heteroatoms. The maximum atomic E-state index is 12.5. The second-order valence-electron chi connectivity index (χ2n) is 5.68. The number of aliphatic hydroxyl groups excluding tert-OH is 1. The van der Waals surface area contributed by atoms with Gasteiger partial charge in [0.25, 0.3) is 0 Å². The van der Waals surface area contributed by atoms with E-state index < -0.39 is 29.6 Å². The fourth-order valence-electron chi connectivity index (χ4n) is 2.28. The number of imide groups is 1. The van der Waals surface area contributed by atoms with Crippen molar-refractivity contribution in [3.63, 3.8) is 0 Å². The third-order valence-corrected chi connectivity index (χ3v) is 3.56. The monoisotopic (exact) mass is 277 g/mol. The predicted octanol–water partition coefficient (Wildman–Crippen LogP) is 2.11. The van der Waals surface area contributed by atoms with Gasteiger partial charge in [-0.15, -0.1) is 0 Å². The van der Waals surface area contributed by atoms with E-state index in [2.05, 4.69) is 0 Å². The summed E-state index contributed by atoms with van der Waals surface area (Å²) in [6, 6.07) is 8.93. The molecule has 1 aliphatic rings. The van der Waals surface area contributed by atoms with Crippen molar-refractivity contribution in [2.24, 2.45) is 5.92 Å². The smallest absolute Gasteiger partial charge is 0.417 e. The largest absolute Gasteiger partial charge is 0.447 e. The first-order valence-corrected chi connectivity index (χ1v) is 6.58. The summed E-state index contributed by atoms with van der Waals surface area (Å²) in [6.07, 6.45) is -1.60. The number of amides is 2. The topological polar surface area (TPSA) is 66.8 Å². The van der Waals surface area contributed by atoms with Gasteiger partial charge in [0.15, 0.2) is 0 Å². The lowest BCUT2D eigenvalue weighted by atomic mass is 9.94. The van der Waals surface area contributed by atoms with Gasteiger partial charge in [-0.3, -0.25) is 4.79 Å². The number of rotatable bonds is 3. The van der Waals surface area contributed by atoms with E-state index in [1.54, 1.807) is 45.0 Å². The second-order valence-corrected chi connectivity index (χ2v) is 5.68. The Balaban J connectivity index is 2.19. The van der Waals surface area contributed by atoms with E-state index in [1.807, 2.05) is 6.07 Å². The molecule has 1 aromatic rings. The van der Waals surface area contributed by atoms with Gasteiger partial charge in [-0.25, -0.2) is 9.69 Å². The van der Waals surface area contributed by atoms with Gasteiger partial charge in [-0.1, -0.05) is 37.3 Å². The van der Waals surface area contributed by atoms with E-state index in [9.17, 15) is 14.7 Å². The molecule has 5 nitrogen and oxygen atoms in total. The number of aliphatic hydroxyl groups is 1. The minimum absolute atomic E-state index is 0.172. The summed E-state index contributed by atoms with van der Waals surface area (Å²) < 4.78 is 4.92. The van der Waals surface area contributed by atoms with Crippen molar-refractivity contribution in [3.05, 3.63) is 35.9 Å². The molecule has 108 valence electrons. The Bertz CT molecular complexity index is 512. The van der Waals surface area contributed by atoms with Crippen LogP contribution in [0.4, 0.5) is 4.79 Å². The van der Waals surface area contributed by atoms with Crippen LogP contribution in [0.5, 0.6) is 0 Å². The van der Waals surface area contributed by atoms with Crippen molar-refractivity contribution in [2.45, 2.75) is 32.4 Å². The summed E-state index contributed by atoms with van der Waals surface area (Å²) in [6.45, 7) is 5.31. The minimum Gasteiger partial charge on any atom is -0.447 e. The number of hydrogen-bond acceptors (Lipinski definition) is 4. The minimum atomic E-state index is -0.951. The maximum Gasteiger partial charge on any atom is 0.417 e. The molecule has 1 saturated heterocycles. The standard InChI is InChI=1S/C15H19NO4/c1-10(12(17)11-7-5-4-6-8-11)13(18)16-14(19)20-9-15(16,2)3/h4-8,10,12,17H,9H2,1-3H3. The Morgan fingerprint density at radius 2 is 1.95 bits per heavy atom. The van der Waals surface area contributed by atoms with Crippen LogP contribution in [0.15, 0.2) is 30.3 Å². The number of nitrogens with zero attached hydrogens (tertiary/aromatic N) is 1. The molecular weight excluding hydrogens is 258 g/mol. The molecule has 1 fully saturated rings. The summed E-state index contributed by atoms with van der Waals surface area (Å²) in [5.74, 6) is -1.14. The molecule has 0 bridgehead atoms. The quantitative estimate of drug-likeness (QED) is 0.919. The van der Waals surface area contributed by atoms with E-state index in [0.717, 1.165) is 4.90 Å². The molecule has 0 aliphatic carbocycles. The molecule has 1 aliphatic heterocycles. The van der Waals surface area contributed by atoms with Gasteiger partial charge < -0.3 is 9.84 Å². The van der Waals surface area contributed by atoms with Gasteiger partial charge in [-0.05, 0) is 19.4 Å². The zero-order valence-electron chi connectivity index (χ0n) is 11.9. The van der Waals surface area contributed by atoms with E-state index in [-0.39, 0.29) is 6.61 Å². The average Bonchev–Trinajstić information content (AvgIpc) is 2.71. The van der Waals surface area contributed by atoms with Crippen LogP contribution < -0.4 is 0 Å². The van der Waals surface area contributed by atoms with Crippen LogP contribution >= 0.6 is 0 Å². The number of hydrogen-bond donors (Lipinski definition) is 1. The Kier molecular flexibility index (Phi) is 3.81. The molecular formula is C15H19NO4. The van der Waals surface area contributed by atoms with Crippen molar-refractivity contribution in [2.75, 3.05) is 6.61 Å². The van der Waals surface area contributed by atoms with Crippen molar-refractivity contribution in [3.8, 4) is 0 Å². The third kappa shape index (κ3) is 2.54. The highest BCUT2D eigenvalue weighted by Crippen LogP contribution is 2.30. The second kappa shape index (κ2) is 5.25. The summed E-state index contributed by atoms with van der Waals surface area (Å²) in [4.78, 5) is 25.2. The van der Waals surface area contributed by atoms with E-state index in [0.29, 0.717) is 5.56 Å². The van der Waals surface area contributed by atoms with Crippen molar-refractivity contribution in [1.29, 1.82) is 0 Å². The van der Waals surface area contributed by atoms with Crippen molar-refractivity contribution >= 4 is 12.0 Å². The van der Waals surface area contributed by atoms with E-state index >= 15 is 0 Å². The van der Waals surface area contributed by atoms with E-state index in [4.69, 9.17) is 4.74 Å². The fourth-order valence-corrected chi connectivity index (χ4v) is 2.28. The van der Waals surface area contributed by atoms with E-state index in [1.165, 1.54) is 0 Å². The van der Waals surface area contributed by atoms with Gasteiger partial charge in [0.1, 0.15) is 6.61 Å². The lowest BCUT2D eigenvalue weighted by Gasteiger charge is -2.30. The van der Waals surface area contributed by atoms with Gasteiger partial charge in [0.2, 0.25) is 5.91 Å². The highest BCUT2D eigenvalue weighted by molar-refractivity contribution is 5.95. The van der Waals surface area contributed by atoms with Crippen LogP contribution in [0.1, 0.15) is 32.4 Å². The Hall–Kier alpha value is -1.88. The summed E-state index contributed by atoms with van der Waals surface area (Å²) >= 11 is 0. The van der Waals surface area contributed by atoms with Crippen LogP contribution in [0, 0.1) is 5.92 Å². The molecule has 2 amide bonds. The number of ether oxygens (including phenoxy) is 1. The van der Waals surface area contributed by atoms with Crippen LogP contribution in [0.25, 0.3) is 0 Å². The Labute approximate surface area is 118 Å². The molecule has 1 aromatic carbocycles. The lowest BCUT2D eigenvalue weighted by Crippen LogP contribution is -2.49. The zero-order chi connectivity index (χ0) is 14.9. The molecule has 0 aromatic heterocycles. The van der Waals surface area contributed by atoms with Crippen LogP contribution in [-0.4, -0.2) is 34.2 Å². The highest BCUT2D eigenvalue weighted by Gasteiger charge is 2.46. The predicted molar refractivity (Wildman–Crippen MR) is 72.8 cm³/mol. The van der Waals surface area contributed by atoms with Crippen LogP contribution in [-0.2, 0) is 9.53 Å². The normalized spacial score (nSPS) is 20.4. The summed E-state index contributed by atoms with van der Waals surface area (Å²) in [5, 5.41) is 10.3. The number of benzene rings is 1. The first-order valence-electron chi connectivity index (χ1n) is 6.58. The molecule has 2 atom stereocenters. The Morgan fingerprint density at radius 1 is 1.35 bits per heavy atom. The molecule has 0 saturated carbocycles. The summed E-state index contributed by atoms with van der Waals surface area (Å²) in [5.41, 5.74) is -0.0301. The molecule has 1 heterocycles. The first-order chi connectivity index (χ1) is 9.34. The van der Waals surface area contributed by atoms with Crippen LogP contribution in [0.2, 0.25) is 0 Å². The van der Waals surface area contributed by atoms with Crippen molar-refractivity contribution < 1.29 is 19.4 Å². The number of carbonyl (C=O) groups is 2. The Morgan fingerprint density at radius 3 is 2.45 bits per heavy atom. The SMILES string of the molecule is CC(C(=O)N1C(=O)OCC1(C)C)C(O)c1ccccc1. The van der Waals surface area contributed by atoms with Crippen LogP contribution in [0.3, 0.4) is 0 Å².